The molecule has 0 bridgehead atoms. The molecule has 1 aromatic rings. The number of carbonyl (C=O) groups excluding carboxylic acids is 1. The number of rotatable bonds is 1. The van der Waals surface area contributed by atoms with E-state index in [4.69, 9.17) is 11.6 Å². The van der Waals surface area contributed by atoms with Gasteiger partial charge in [0.2, 0.25) is 0 Å². The van der Waals surface area contributed by atoms with Gasteiger partial charge in [0.15, 0.2) is 0 Å². The van der Waals surface area contributed by atoms with E-state index in [9.17, 15) is 4.79 Å². The van der Waals surface area contributed by atoms with Gasteiger partial charge >= 0.3 is 6.03 Å². The minimum Gasteiger partial charge on any atom is -0.322 e. The van der Waals surface area contributed by atoms with E-state index < -0.39 is 0 Å². The fourth-order valence-corrected chi connectivity index (χ4v) is 2.06. The van der Waals surface area contributed by atoms with Crippen LogP contribution < -0.4 is 10.6 Å². The fraction of sp³-hybridized carbons (Fsp3) is 0.417. The number of benzene rings is 1. The number of hydrogen-bond donors (Lipinski definition) is 2. The standard InChI is InChI=1S/C12H16ClN3O/c1-9-8-16(7-6-14-9)12(17)15-11-5-3-2-4-10(11)13/h2-5,9,14H,6-8H2,1H3,(H,15,17)/t9-/m1/s1. The highest BCUT2D eigenvalue weighted by Crippen LogP contribution is 2.20. The Kier molecular flexibility index (Phi) is 3.86. The van der Waals surface area contributed by atoms with Crippen molar-refractivity contribution in [2.24, 2.45) is 0 Å². The van der Waals surface area contributed by atoms with E-state index in [1.807, 2.05) is 12.1 Å². The zero-order valence-electron chi connectivity index (χ0n) is 9.74. The number of carbonyl (C=O) groups is 1. The van der Waals surface area contributed by atoms with Crippen molar-refractivity contribution in [1.29, 1.82) is 0 Å². The molecule has 0 saturated carbocycles. The Morgan fingerprint density at radius 3 is 3.00 bits per heavy atom. The molecule has 2 N–H and O–H groups in total. The summed E-state index contributed by atoms with van der Waals surface area (Å²) in [7, 11) is 0. The molecule has 0 aliphatic carbocycles. The molecule has 4 nitrogen and oxygen atoms in total. The third-order valence-electron chi connectivity index (χ3n) is 2.77. The second-order valence-electron chi connectivity index (χ2n) is 4.21. The Labute approximate surface area is 106 Å². The maximum absolute atomic E-state index is 12.0. The third-order valence-corrected chi connectivity index (χ3v) is 3.10. The molecule has 0 spiro atoms. The first-order chi connectivity index (χ1) is 8.16. The first-order valence-electron chi connectivity index (χ1n) is 5.70. The summed E-state index contributed by atoms with van der Waals surface area (Å²) in [4.78, 5) is 13.8. The molecule has 1 heterocycles. The van der Waals surface area contributed by atoms with Crippen molar-refractivity contribution in [3.63, 3.8) is 0 Å². The Morgan fingerprint density at radius 1 is 1.53 bits per heavy atom. The van der Waals surface area contributed by atoms with E-state index in [0.717, 1.165) is 19.6 Å². The molecule has 1 atom stereocenters. The molecular formula is C12H16ClN3O. The van der Waals surface area contributed by atoms with Gasteiger partial charge in [0, 0.05) is 25.7 Å². The molecular weight excluding hydrogens is 238 g/mol. The summed E-state index contributed by atoms with van der Waals surface area (Å²) in [6.45, 7) is 4.34. The number of piperazine rings is 1. The van der Waals surface area contributed by atoms with Gasteiger partial charge < -0.3 is 15.5 Å². The molecule has 1 fully saturated rings. The van der Waals surface area contributed by atoms with E-state index in [1.54, 1.807) is 17.0 Å². The highest BCUT2D eigenvalue weighted by atomic mass is 35.5. The first kappa shape index (κ1) is 12.2. The molecule has 0 aromatic heterocycles. The Bertz CT molecular complexity index is 410. The molecule has 2 amide bonds. The number of halogens is 1. The summed E-state index contributed by atoms with van der Waals surface area (Å²) in [6, 6.07) is 7.49. The van der Waals surface area contributed by atoms with Crippen LogP contribution in [0.4, 0.5) is 10.5 Å². The van der Waals surface area contributed by atoms with Crippen LogP contribution >= 0.6 is 11.6 Å². The number of nitrogens with one attached hydrogen (secondary N) is 2. The summed E-state index contributed by atoms with van der Waals surface area (Å²) in [5, 5.41) is 6.68. The van der Waals surface area contributed by atoms with Crippen LogP contribution in [-0.4, -0.2) is 36.6 Å². The summed E-state index contributed by atoms with van der Waals surface area (Å²) < 4.78 is 0. The van der Waals surface area contributed by atoms with Crippen LogP contribution in [0.3, 0.4) is 0 Å². The second-order valence-corrected chi connectivity index (χ2v) is 4.62. The average Bonchev–Trinajstić information content (AvgIpc) is 2.32. The minimum absolute atomic E-state index is 0.0912. The highest BCUT2D eigenvalue weighted by molar-refractivity contribution is 6.33. The van der Waals surface area contributed by atoms with Crippen molar-refractivity contribution in [2.45, 2.75) is 13.0 Å². The van der Waals surface area contributed by atoms with Crippen molar-refractivity contribution in [3.05, 3.63) is 29.3 Å². The Balaban J connectivity index is 1.99. The van der Waals surface area contributed by atoms with Crippen LogP contribution in [0, 0.1) is 0 Å². The van der Waals surface area contributed by atoms with Gasteiger partial charge in [-0.15, -0.1) is 0 Å². The van der Waals surface area contributed by atoms with E-state index in [2.05, 4.69) is 17.6 Å². The molecule has 1 aliphatic rings. The van der Waals surface area contributed by atoms with Crippen molar-refractivity contribution in [1.82, 2.24) is 10.2 Å². The summed E-state index contributed by atoms with van der Waals surface area (Å²) in [6.07, 6.45) is 0. The number of nitrogens with zero attached hydrogens (tertiary/aromatic N) is 1. The SMILES string of the molecule is C[C@@H]1CN(C(=O)Nc2ccccc2Cl)CCN1. The lowest BCUT2D eigenvalue weighted by Gasteiger charge is -2.31. The largest absolute Gasteiger partial charge is 0.322 e. The Hall–Kier alpha value is -1.26. The Morgan fingerprint density at radius 2 is 2.29 bits per heavy atom. The van der Waals surface area contributed by atoms with Crippen LogP contribution in [0.15, 0.2) is 24.3 Å². The monoisotopic (exact) mass is 253 g/mol. The summed E-state index contributed by atoms with van der Waals surface area (Å²) in [5.41, 5.74) is 0.658. The average molecular weight is 254 g/mol. The fourth-order valence-electron chi connectivity index (χ4n) is 1.87. The van der Waals surface area contributed by atoms with E-state index in [0.29, 0.717) is 16.8 Å². The smallest absolute Gasteiger partial charge is 0.321 e. The van der Waals surface area contributed by atoms with Gasteiger partial charge in [-0.05, 0) is 19.1 Å². The van der Waals surface area contributed by atoms with E-state index >= 15 is 0 Å². The van der Waals surface area contributed by atoms with Crippen LogP contribution in [0.2, 0.25) is 5.02 Å². The molecule has 17 heavy (non-hydrogen) atoms. The highest BCUT2D eigenvalue weighted by Gasteiger charge is 2.20. The third kappa shape index (κ3) is 3.11. The van der Waals surface area contributed by atoms with Gasteiger partial charge in [0.1, 0.15) is 0 Å². The second kappa shape index (κ2) is 5.38. The van der Waals surface area contributed by atoms with E-state index in [1.165, 1.54) is 0 Å². The molecule has 1 aliphatic heterocycles. The zero-order valence-corrected chi connectivity index (χ0v) is 10.5. The normalized spacial score (nSPS) is 20.1. The van der Waals surface area contributed by atoms with Gasteiger partial charge in [-0.3, -0.25) is 0 Å². The van der Waals surface area contributed by atoms with Crippen LogP contribution in [0.5, 0.6) is 0 Å². The first-order valence-corrected chi connectivity index (χ1v) is 6.08. The van der Waals surface area contributed by atoms with Crippen molar-refractivity contribution < 1.29 is 4.79 Å². The lowest BCUT2D eigenvalue weighted by atomic mass is 10.2. The lowest BCUT2D eigenvalue weighted by molar-refractivity contribution is 0.192. The summed E-state index contributed by atoms with van der Waals surface area (Å²) in [5.74, 6) is 0. The van der Waals surface area contributed by atoms with Gasteiger partial charge in [-0.25, -0.2) is 4.79 Å². The van der Waals surface area contributed by atoms with Crippen LogP contribution in [0.25, 0.3) is 0 Å². The predicted molar refractivity (Wildman–Crippen MR) is 69.5 cm³/mol. The lowest BCUT2D eigenvalue weighted by Crippen LogP contribution is -2.52. The van der Waals surface area contributed by atoms with Crippen molar-refractivity contribution in [3.8, 4) is 0 Å². The molecule has 1 saturated heterocycles. The number of urea groups is 1. The number of amides is 2. The number of hydrogen-bond acceptors (Lipinski definition) is 2. The zero-order chi connectivity index (χ0) is 12.3. The molecule has 2 rings (SSSR count). The molecule has 0 unspecified atom stereocenters. The molecule has 5 heteroatoms. The van der Waals surface area contributed by atoms with Gasteiger partial charge in [-0.1, -0.05) is 23.7 Å². The number of para-hydroxylation sites is 1. The topological polar surface area (TPSA) is 44.4 Å². The van der Waals surface area contributed by atoms with Gasteiger partial charge in [0.05, 0.1) is 10.7 Å². The maximum Gasteiger partial charge on any atom is 0.321 e. The van der Waals surface area contributed by atoms with Gasteiger partial charge in [0.25, 0.3) is 0 Å². The molecule has 92 valence electrons. The van der Waals surface area contributed by atoms with E-state index in [-0.39, 0.29) is 6.03 Å². The predicted octanol–water partition coefficient (Wildman–Crippen LogP) is 2.17. The quantitative estimate of drug-likeness (QED) is 0.806. The van der Waals surface area contributed by atoms with Crippen LogP contribution in [-0.2, 0) is 0 Å². The van der Waals surface area contributed by atoms with Crippen molar-refractivity contribution in [2.75, 3.05) is 25.0 Å². The molecule has 0 radical (unpaired) electrons. The molecule has 1 aromatic carbocycles. The van der Waals surface area contributed by atoms with Crippen LogP contribution in [0.1, 0.15) is 6.92 Å². The minimum atomic E-state index is -0.0912. The summed E-state index contributed by atoms with van der Waals surface area (Å²) >= 11 is 5.99. The van der Waals surface area contributed by atoms with Gasteiger partial charge in [-0.2, -0.15) is 0 Å². The maximum atomic E-state index is 12.0. The van der Waals surface area contributed by atoms with Crippen molar-refractivity contribution >= 4 is 23.3 Å². The number of anilines is 1.